The average Bonchev–Trinajstić information content (AvgIpc) is 2.99. The first-order valence-electron chi connectivity index (χ1n) is 13.7. The standard InChI is InChI=1S/C34H29N3O5/c1-34(2,19-38)28(39)16-35-29(40)18-37-17-22(32(41)36-33(37)42)13-12-20-14-15-27-25-10-4-7-21-6-3-9-24(30(21)25)26-11-5-8-23(20)31(26)27/h3-11,14-15,17,28,38-39H,16,18-19H2,1-2H3,(H,35,40)(H,36,41,42)/t28-/m0/s1. The summed E-state index contributed by atoms with van der Waals surface area (Å²) in [5.74, 6) is 5.48. The van der Waals surface area contributed by atoms with E-state index in [1.54, 1.807) is 13.8 Å². The molecule has 5 aromatic carbocycles. The Hall–Kier alpha value is -4.97. The van der Waals surface area contributed by atoms with Gasteiger partial charge in [-0.15, -0.1) is 0 Å². The number of aliphatic hydroxyl groups excluding tert-OH is 2. The van der Waals surface area contributed by atoms with Crippen LogP contribution in [-0.4, -0.2) is 44.9 Å². The van der Waals surface area contributed by atoms with Crippen LogP contribution in [0.2, 0.25) is 0 Å². The molecule has 0 saturated heterocycles. The first kappa shape index (κ1) is 27.2. The van der Waals surface area contributed by atoms with Gasteiger partial charge in [0.25, 0.3) is 5.56 Å². The SMILES string of the molecule is CC(C)(CO)[C@@H](O)CNC(=O)Cn1cc(C#Cc2ccc3c4cccc5cccc(c6cccc2c63)c54)c(=O)[nH]c1=O. The van der Waals surface area contributed by atoms with Crippen molar-refractivity contribution in [2.24, 2.45) is 5.41 Å². The van der Waals surface area contributed by atoms with Gasteiger partial charge in [0.15, 0.2) is 0 Å². The van der Waals surface area contributed by atoms with Crippen molar-refractivity contribution in [3.63, 3.8) is 0 Å². The van der Waals surface area contributed by atoms with Crippen molar-refractivity contribution in [2.75, 3.05) is 13.2 Å². The summed E-state index contributed by atoms with van der Waals surface area (Å²) in [7, 11) is 0. The van der Waals surface area contributed by atoms with Crippen molar-refractivity contribution in [3.8, 4) is 11.8 Å². The second kappa shape index (κ2) is 10.5. The molecule has 1 aromatic heterocycles. The summed E-state index contributed by atoms with van der Waals surface area (Å²) in [6.07, 6.45) is 0.285. The maximum atomic E-state index is 12.6. The number of carbonyl (C=O) groups is 1. The third-order valence-electron chi connectivity index (χ3n) is 7.98. The fourth-order valence-electron chi connectivity index (χ4n) is 5.41. The van der Waals surface area contributed by atoms with Crippen LogP contribution in [0.25, 0.3) is 43.1 Å². The van der Waals surface area contributed by atoms with Gasteiger partial charge in [-0.05, 0) is 49.2 Å². The highest BCUT2D eigenvalue weighted by atomic mass is 16.3. The van der Waals surface area contributed by atoms with Crippen LogP contribution >= 0.6 is 0 Å². The second-order valence-corrected chi connectivity index (χ2v) is 11.2. The van der Waals surface area contributed by atoms with E-state index in [0.717, 1.165) is 31.7 Å². The van der Waals surface area contributed by atoms with E-state index < -0.39 is 28.7 Å². The molecule has 4 N–H and O–H groups in total. The summed E-state index contributed by atoms with van der Waals surface area (Å²) in [4.78, 5) is 39.7. The largest absolute Gasteiger partial charge is 0.396 e. The molecule has 42 heavy (non-hydrogen) atoms. The van der Waals surface area contributed by atoms with Crippen LogP contribution < -0.4 is 16.6 Å². The number of nitrogens with zero attached hydrogens (tertiary/aromatic N) is 1. The number of hydrogen-bond donors (Lipinski definition) is 4. The molecular formula is C34H29N3O5. The van der Waals surface area contributed by atoms with Gasteiger partial charge in [-0.1, -0.05) is 86.4 Å². The molecule has 0 unspecified atom stereocenters. The number of nitrogens with one attached hydrogen (secondary N) is 2. The van der Waals surface area contributed by atoms with E-state index in [4.69, 9.17) is 0 Å². The van der Waals surface area contributed by atoms with Gasteiger partial charge in [0, 0.05) is 23.7 Å². The summed E-state index contributed by atoms with van der Waals surface area (Å²) < 4.78 is 1.07. The van der Waals surface area contributed by atoms with Crippen LogP contribution in [0.5, 0.6) is 0 Å². The average molecular weight is 560 g/mol. The number of rotatable bonds is 6. The van der Waals surface area contributed by atoms with Gasteiger partial charge in [-0.25, -0.2) is 4.79 Å². The van der Waals surface area contributed by atoms with Gasteiger partial charge >= 0.3 is 5.69 Å². The van der Waals surface area contributed by atoms with Gasteiger partial charge < -0.3 is 15.5 Å². The smallest absolute Gasteiger partial charge is 0.328 e. The summed E-state index contributed by atoms with van der Waals surface area (Å²) in [5, 5.41) is 31.2. The van der Waals surface area contributed by atoms with E-state index in [9.17, 15) is 24.6 Å². The van der Waals surface area contributed by atoms with E-state index in [1.165, 1.54) is 27.7 Å². The molecule has 6 rings (SSSR count). The Balaban J connectivity index is 1.36. The highest BCUT2D eigenvalue weighted by molar-refractivity contribution is 6.33. The van der Waals surface area contributed by atoms with Crippen LogP contribution in [0.1, 0.15) is 25.0 Å². The molecule has 210 valence electrons. The summed E-state index contributed by atoms with van der Waals surface area (Å²) in [6.45, 7) is 2.62. The van der Waals surface area contributed by atoms with Gasteiger partial charge in [-0.2, -0.15) is 0 Å². The van der Waals surface area contributed by atoms with E-state index in [0.29, 0.717) is 0 Å². The van der Waals surface area contributed by atoms with Gasteiger partial charge in [0.05, 0.1) is 12.7 Å². The van der Waals surface area contributed by atoms with Crippen LogP contribution in [-0.2, 0) is 11.3 Å². The van der Waals surface area contributed by atoms with Crippen LogP contribution in [0.4, 0.5) is 0 Å². The minimum atomic E-state index is -0.983. The van der Waals surface area contributed by atoms with Crippen LogP contribution in [0, 0.1) is 17.3 Å². The first-order valence-corrected chi connectivity index (χ1v) is 13.7. The zero-order chi connectivity index (χ0) is 29.6. The molecular weight excluding hydrogens is 530 g/mol. The molecule has 0 aliphatic carbocycles. The monoisotopic (exact) mass is 559 g/mol. The molecule has 0 aliphatic heterocycles. The Labute approximate surface area is 240 Å². The maximum Gasteiger partial charge on any atom is 0.328 e. The van der Waals surface area contributed by atoms with E-state index in [1.807, 2.05) is 18.2 Å². The molecule has 1 atom stereocenters. The molecule has 8 heteroatoms. The van der Waals surface area contributed by atoms with Crippen molar-refractivity contribution >= 4 is 49.0 Å². The van der Waals surface area contributed by atoms with Crippen molar-refractivity contribution < 1.29 is 15.0 Å². The van der Waals surface area contributed by atoms with E-state index >= 15 is 0 Å². The molecule has 6 aromatic rings. The number of aromatic amines is 1. The summed E-state index contributed by atoms with van der Waals surface area (Å²) in [5.41, 5.74) is -1.42. The minimum absolute atomic E-state index is 0.0411. The number of fused-ring (bicyclic) bond motifs is 2. The zero-order valence-electron chi connectivity index (χ0n) is 23.2. The number of H-pyrrole nitrogens is 1. The van der Waals surface area contributed by atoms with E-state index in [2.05, 4.69) is 70.7 Å². The lowest BCUT2D eigenvalue weighted by molar-refractivity contribution is -0.122. The van der Waals surface area contributed by atoms with Crippen molar-refractivity contribution in [3.05, 3.63) is 105 Å². The maximum absolute atomic E-state index is 12.6. The number of hydrogen-bond acceptors (Lipinski definition) is 5. The van der Waals surface area contributed by atoms with E-state index in [-0.39, 0.29) is 25.3 Å². The minimum Gasteiger partial charge on any atom is -0.396 e. The van der Waals surface area contributed by atoms with Crippen molar-refractivity contribution in [1.82, 2.24) is 14.9 Å². The lowest BCUT2D eigenvalue weighted by Crippen LogP contribution is -2.44. The molecule has 0 aliphatic rings. The van der Waals surface area contributed by atoms with Gasteiger partial charge in [0.2, 0.25) is 5.91 Å². The summed E-state index contributed by atoms with van der Waals surface area (Å²) in [6, 6.07) is 22.8. The molecule has 1 heterocycles. The predicted molar refractivity (Wildman–Crippen MR) is 165 cm³/mol. The predicted octanol–water partition coefficient (Wildman–Crippen LogP) is 3.48. The number of amides is 1. The van der Waals surface area contributed by atoms with Crippen LogP contribution in [0.3, 0.4) is 0 Å². The summed E-state index contributed by atoms with van der Waals surface area (Å²) >= 11 is 0. The van der Waals surface area contributed by atoms with Crippen molar-refractivity contribution in [2.45, 2.75) is 26.5 Å². The highest BCUT2D eigenvalue weighted by Gasteiger charge is 2.27. The van der Waals surface area contributed by atoms with Gasteiger partial charge in [-0.3, -0.25) is 19.1 Å². The third-order valence-corrected chi connectivity index (χ3v) is 7.98. The topological polar surface area (TPSA) is 124 Å². The van der Waals surface area contributed by atoms with Gasteiger partial charge in [0.1, 0.15) is 12.1 Å². The Morgan fingerprint density at radius 1 is 0.881 bits per heavy atom. The fourth-order valence-corrected chi connectivity index (χ4v) is 5.41. The quantitative estimate of drug-likeness (QED) is 0.141. The van der Waals surface area contributed by atoms with Crippen molar-refractivity contribution in [1.29, 1.82) is 0 Å². The fraction of sp³-hybridized carbons (Fsp3) is 0.206. The number of aromatic nitrogens is 2. The Morgan fingerprint density at radius 3 is 2.17 bits per heavy atom. The molecule has 8 nitrogen and oxygen atoms in total. The molecule has 0 bridgehead atoms. The molecule has 0 saturated carbocycles. The lowest BCUT2D eigenvalue weighted by Gasteiger charge is -2.28. The Kier molecular flexibility index (Phi) is 6.77. The zero-order valence-corrected chi connectivity index (χ0v) is 23.2. The highest BCUT2D eigenvalue weighted by Crippen LogP contribution is 2.40. The number of aliphatic hydroxyl groups is 2. The normalized spacial score (nSPS) is 12.6. The molecule has 0 spiro atoms. The first-order chi connectivity index (χ1) is 20.2. The lowest BCUT2D eigenvalue weighted by atomic mass is 9.87. The number of benzene rings is 5. The molecule has 0 radical (unpaired) electrons. The molecule has 1 amide bonds. The third kappa shape index (κ3) is 4.69. The van der Waals surface area contributed by atoms with Crippen LogP contribution in [0.15, 0.2) is 82.5 Å². The second-order valence-electron chi connectivity index (χ2n) is 11.2. The number of carbonyl (C=O) groups excluding carboxylic acids is 1. The Bertz CT molecular complexity index is 2130. The molecule has 0 fully saturated rings. The Morgan fingerprint density at radius 2 is 1.48 bits per heavy atom.